The minimum Gasteiger partial charge on any atom is -0.481 e. The molecule has 0 heterocycles. The van der Waals surface area contributed by atoms with Crippen LogP contribution in [-0.2, 0) is 18.8 Å². The number of Topliss-reactive ketones (excluding diaryl/α,β-unsaturated/α-hetero) is 1. The SMILES string of the molecule is CCCCCCCC(=O)O.CCCCCCCC(C)=O.O=S(Cl)Cl.[2H]CF. The number of carbonyl (C=O) groups excluding carboxylic acids is 1. The van der Waals surface area contributed by atoms with Gasteiger partial charge in [0.1, 0.15) is 5.78 Å². The van der Waals surface area contributed by atoms with E-state index in [1.807, 2.05) is 0 Å². The fourth-order valence-electron chi connectivity index (χ4n) is 1.86. The van der Waals surface area contributed by atoms with Gasteiger partial charge in [-0.1, -0.05) is 65.2 Å². The first-order chi connectivity index (χ1) is 12.7. The lowest BCUT2D eigenvalue weighted by molar-refractivity contribution is -0.137. The van der Waals surface area contributed by atoms with Crippen LogP contribution in [0.15, 0.2) is 0 Å². The monoisotopic (exact) mass is 439 g/mol. The lowest BCUT2D eigenvalue weighted by Crippen LogP contribution is -1.93. The van der Waals surface area contributed by atoms with Gasteiger partial charge in [0.2, 0.25) is 9.23 Å². The van der Waals surface area contributed by atoms with Gasteiger partial charge in [-0.25, -0.2) is 4.21 Å². The molecule has 0 unspecified atom stereocenters. The van der Waals surface area contributed by atoms with Crippen LogP contribution >= 0.6 is 21.4 Å². The predicted octanol–water partition coefficient (Wildman–Crippen LogP) is 7.00. The van der Waals surface area contributed by atoms with Crippen LogP contribution in [-0.4, -0.2) is 28.2 Å². The van der Waals surface area contributed by atoms with Crippen molar-refractivity contribution in [3.05, 3.63) is 0 Å². The van der Waals surface area contributed by atoms with Gasteiger partial charge in [-0.2, -0.15) is 0 Å². The predicted molar refractivity (Wildman–Crippen MR) is 112 cm³/mol. The number of ketones is 1. The Balaban J connectivity index is -0.000000146. The van der Waals surface area contributed by atoms with Crippen molar-refractivity contribution in [3.8, 4) is 0 Å². The summed E-state index contributed by atoms with van der Waals surface area (Å²) in [5.74, 6) is -0.340. The fourth-order valence-corrected chi connectivity index (χ4v) is 1.86. The molecule has 0 atom stereocenters. The minimum atomic E-state index is -1.67. The Kier molecular flexibility index (Phi) is 38.1. The number of hydrogen-bond donors (Lipinski definition) is 1. The number of alkyl halides is 1. The Morgan fingerprint density at radius 3 is 1.50 bits per heavy atom. The Bertz CT molecular complexity index is 310. The van der Waals surface area contributed by atoms with Crippen LogP contribution in [0.3, 0.4) is 0 Å². The van der Waals surface area contributed by atoms with E-state index in [1.54, 1.807) is 6.92 Å². The molecule has 0 rings (SSSR count). The van der Waals surface area contributed by atoms with E-state index >= 15 is 0 Å². The van der Waals surface area contributed by atoms with Crippen LogP contribution in [0.5, 0.6) is 0 Å². The van der Waals surface area contributed by atoms with Gasteiger partial charge < -0.3 is 9.90 Å². The summed E-state index contributed by atoms with van der Waals surface area (Å²) in [6.45, 7) is 6.02. The number of carbonyl (C=O) groups is 2. The van der Waals surface area contributed by atoms with Crippen LogP contribution in [0.2, 0.25) is 0 Å². The molecule has 0 spiro atoms. The van der Waals surface area contributed by atoms with Crippen LogP contribution in [0, 0.1) is 0 Å². The molecule has 160 valence electrons. The van der Waals surface area contributed by atoms with Crippen LogP contribution in [0.1, 0.15) is 99.2 Å². The highest BCUT2D eigenvalue weighted by atomic mass is 36.0. The van der Waals surface area contributed by atoms with Crippen molar-refractivity contribution in [2.75, 3.05) is 7.15 Å². The fraction of sp³-hybridized carbons (Fsp3) is 0.889. The molecule has 0 fully saturated rings. The van der Waals surface area contributed by atoms with Gasteiger partial charge in [0.25, 0.3) is 0 Å². The van der Waals surface area contributed by atoms with Gasteiger partial charge in [0.05, 0.1) is 8.52 Å². The van der Waals surface area contributed by atoms with E-state index in [-0.39, 0.29) is 0 Å². The molecule has 4 nitrogen and oxygen atoms in total. The van der Waals surface area contributed by atoms with E-state index in [0.29, 0.717) is 12.2 Å². The maximum atomic E-state index is 10.5. The van der Waals surface area contributed by atoms with Crippen molar-refractivity contribution in [2.24, 2.45) is 0 Å². The van der Waals surface area contributed by atoms with E-state index < -0.39 is 22.3 Å². The normalized spacial score (nSPS) is 9.58. The molecule has 0 bridgehead atoms. The van der Waals surface area contributed by atoms with Crippen LogP contribution in [0.4, 0.5) is 4.39 Å². The zero-order valence-corrected chi connectivity index (χ0v) is 18.7. The molecule has 0 aliphatic rings. The van der Waals surface area contributed by atoms with Crippen molar-refractivity contribution in [1.82, 2.24) is 0 Å². The summed E-state index contributed by atoms with van der Waals surface area (Å²) in [5, 5.41) is 8.27. The Morgan fingerprint density at radius 1 is 0.923 bits per heavy atom. The van der Waals surface area contributed by atoms with Crippen LogP contribution in [0.25, 0.3) is 0 Å². The van der Waals surface area contributed by atoms with Gasteiger partial charge in [-0.15, -0.1) is 0 Å². The molecule has 0 aliphatic carbocycles. The van der Waals surface area contributed by atoms with Gasteiger partial charge in [0, 0.05) is 34.2 Å². The second-order valence-corrected chi connectivity index (χ2v) is 8.13. The number of carboxylic acid groups (broad SMARTS) is 1. The topological polar surface area (TPSA) is 71.4 Å². The van der Waals surface area contributed by atoms with Gasteiger partial charge in [0.15, 0.2) is 0 Å². The third-order valence-electron chi connectivity index (χ3n) is 3.13. The van der Waals surface area contributed by atoms with Gasteiger partial charge >= 0.3 is 5.97 Å². The maximum absolute atomic E-state index is 10.5. The second kappa shape index (κ2) is 32.5. The first-order valence-corrected chi connectivity index (χ1v) is 11.8. The maximum Gasteiger partial charge on any atom is 0.303 e. The molecular formula is C18H37Cl2FO4S. The highest BCUT2D eigenvalue weighted by Crippen LogP contribution is 2.05. The summed E-state index contributed by atoms with van der Waals surface area (Å²) < 4.78 is 24.6. The number of unbranched alkanes of at least 4 members (excludes halogenated alkanes) is 8. The first kappa shape index (κ1) is 30.5. The van der Waals surface area contributed by atoms with Gasteiger partial charge in [-0.3, -0.25) is 9.18 Å². The third kappa shape index (κ3) is 65.0. The molecule has 0 aromatic heterocycles. The van der Waals surface area contributed by atoms with E-state index in [9.17, 15) is 14.0 Å². The molecule has 0 amide bonds. The summed E-state index contributed by atoms with van der Waals surface area (Å²) in [6.07, 6.45) is 12.9. The number of carboxylic acids is 1. The van der Waals surface area contributed by atoms with E-state index in [2.05, 4.69) is 35.2 Å². The average molecular weight is 440 g/mol. The zero-order valence-electron chi connectivity index (χ0n) is 17.4. The van der Waals surface area contributed by atoms with Crippen molar-refractivity contribution in [3.63, 3.8) is 0 Å². The summed E-state index contributed by atoms with van der Waals surface area (Å²) in [5.41, 5.74) is 0. The number of hydrogen-bond acceptors (Lipinski definition) is 3. The minimum absolute atomic E-state index is 0.330. The average Bonchev–Trinajstić information content (AvgIpc) is 2.55. The standard InChI is InChI=1S/C9H18O.C8H16O2.CH3F.Cl2OS/c1-3-4-5-6-7-8-9(2)10;1-2-3-4-5-6-7-8(9)10;1-2;1-4(2)3/h3-8H2,1-2H3;2-7H2,1H3,(H,9,10);1H3;/i;;1D;. The van der Waals surface area contributed by atoms with E-state index in [1.165, 1.54) is 44.9 Å². The molecule has 0 saturated carbocycles. The van der Waals surface area contributed by atoms with Crippen LogP contribution < -0.4 is 0 Å². The molecular weight excluding hydrogens is 402 g/mol. The molecule has 0 aromatic carbocycles. The van der Waals surface area contributed by atoms with Crippen molar-refractivity contribution in [1.29, 1.82) is 0 Å². The van der Waals surface area contributed by atoms with E-state index in [0.717, 1.165) is 25.7 Å². The largest absolute Gasteiger partial charge is 0.481 e. The van der Waals surface area contributed by atoms with E-state index in [4.69, 9.17) is 10.7 Å². The van der Waals surface area contributed by atoms with Crippen molar-refractivity contribution >= 4 is 42.3 Å². The molecule has 0 aliphatic heterocycles. The summed E-state index contributed by atoms with van der Waals surface area (Å²) >= 11 is 0. The first-order valence-electron chi connectivity index (χ1n) is 9.70. The van der Waals surface area contributed by atoms with Gasteiger partial charge in [-0.05, 0) is 19.8 Å². The molecule has 0 saturated heterocycles. The zero-order chi connectivity index (χ0) is 21.9. The highest BCUT2D eigenvalue weighted by Gasteiger charge is 1.94. The second-order valence-electron chi connectivity index (χ2n) is 5.61. The molecule has 26 heavy (non-hydrogen) atoms. The number of aliphatic carboxylic acids is 1. The Labute approximate surface area is 172 Å². The lowest BCUT2D eigenvalue weighted by Gasteiger charge is -1.95. The summed E-state index contributed by atoms with van der Waals surface area (Å²) in [6, 6.07) is 0. The van der Waals surface area contributed by atoms with Crippen molar-refractivity contribution in [2.45, 2.75) is 97.8 Å². The molecule has 8 heteroatoms. The number of halogens is 3. The summed E-state index contributed by atoms with van der Waals surface area (Å²) in [7, 11) is 6.36. The summed E-state index contributed by atoms with van der Waals surface area (Å²) in [4.78, 5) is 20.5. The smallest absolute Gasteiger partial charge is 0.303 e. The highest BCUT2D eigenvalue weighted by molar-refractivity contribution is 8.26. The Morgan fingerprint density at radius 2 is 1.23 bits per heavy atom. The lowest BCUT2D eigenvalue weighted by atomic mass is 10.1. The molecule has 0 radical (unpaired) electrons. The number of rotatable bonds is 12. The molecule has 0 aromatic rings. The van der Waals surface area contributed by atoms with Crippen molar-refractivity contribution < 1.29 is 24.7 Å². The third-order valence-corrected chi connectivity index (χ3v) is 3.13. The quantitative estimate of drug-likeness (QED) is 0.262. The Hall–Kier alpha value is -0.200. The molecule has 1 N–H and O–H groups in total.